The molecule has 1 atom stereocenters. The van der Waals surface area contributed by atoms with Gasteiger partial charge < -0.3 is 5.32 Å². The molecule has 1 aliphatic rings. The highest BCUT2D eigenvalue weighted by Crippen LogP contribution is 2.36. The van der Waals surface area contributed by atoms with Crippen LogP contribution < -0.4 is 5.32 Å². The molecule has 1 aromatic carbocycles. The zero-order valence-corrected chi connectivity index (χ0v) is 10.9. The standard InChI is InChI=1S/C15H16N4/c1-10(11-6-7-11)9-17-15-12-4-2-3-5-13(12)18-19-14(15)8-16/h2-5,10-11H,6-7,9H2,1H3,(H,17,18). The van der Waals surface area contributed by atoms with E-state index in [1.54, 1.807) is 0 Å². The average molecular weight is 252 g/mol. The van der Waals surface area contributed by atoms with Gasteiger partial charge in [-0.05, 0) is 30.7 Å². The Labute approximate surface area is 112 Å². The lowest BCUT2D eigenvalue weighted by atomic mass is 10.1. The molecule has 1 fully saturated rings. The number of benzene rings is 1. The molecule has 0 saturated heterocycles. The molecular weight excluding hydrogens is 236 g/mol. The van der Waals surface area contributed by atoms with Crippen LogP contribution in [-0.4, -0.2) is 16.7 Å². The molecule has 0 amide bonds. The van der Waals surface area contributed by atoms with E-state index in [4.69, 9.17) is 0 Å². The van der Waals surface area contributed by atoms with Gasteiger partial charge in [0.05, 0.1) is 11.2 Å². The molecule has 1 N–H and O–H groups in total. The highest BCUT2D eigenvalue weighted by Gasteiger charge is 2.27. The van der Waals surface area contributed by atoms with Gasteiger partial charge in [-0.25, -0.2) is 0 Å². The third kappa shape index (κ3) is 2.37. The summed E-state index contributed by atoms with van der Waals surface area (Å²) in [4.78, 5) is 0. The Hall–Kier alpha value is -2.15. The third-order valence-corrected chi connectivity index (χ3v) is 3.80. The van der Waals surface area contributed by atoms with Crippen molar-refractivity contribution in [3.63, 3.8) is 0 Å². The molecular formula is C15H16N4. The van der Waals surface area contributed by atoms with Crippen LogP contribution in [0.1, 0.15) is 25.5 Å². The van der Waals surface area contributed by atoms with Crippen LogP contribution in [0.5, 0.6) is 0 Å². The second kappa shape index (κ2) is 4.85. The van der Waals surface area contributed by atoms with Gasteiger partial charge in [0, 0.05) is 11.9 Å². The van der Waals surface area contributed by atoms with Crippen molar-refractivity contribution in [3.05, 3.63) is 30.0 Å². The topological polar surface area (TPSA) is 61.6 Å². The monoisotopic (exact) mass is 252 g/mol. The minimum Gasteiger partial charge on any atom is -0.382 e. The summed E-state index contributed by atoms with van der Waals surface area (Å²) < 4.78 is 0. The zero-order chi connectivity index (χ0) is 13.2. The van der Waals surface area contributed by atoms with Gasteiger partial charge in [-0.3, -0.25) is 0 Å². The Morgan fingerprint density at radius 1 is 1.37 bits per heavy atom. The fourth-order valence-corrected chi connectivity index (χ4v) is 2.41. The van der Waals surface area contributed by atoms with E-state index < -0.39 is 0 Å². The molecule has 1 aromatic heterocycles. The molecule has 0 bridgehead atoms. The maximum absolute atomic E-state index is 9.17. The third-order valence-electron chi connectivity index (χ3n) is 3.80. The summed E-state index contributed by atoms with van der Waals surface area (Å²) in [6.45, 7) is 3.14. The molecule has 1 unspecified atom stereocenters. The van der Waals surface area contributed by atoms with E-state index in [-0.39, 0.29) is 0 Å². The zero-order valence-electron chi connectivity index (χ0n) is 10.9. The Morgan fingerprint density at radius 3 is 2.89 bits per heavy atom. The van der Waals surface area contributed by atoms with Crippen molar-refractivity contribution in [1.29, 1.82) is 5.26 Å². The number of fused-ring (bicyclic) bond motifs is 1. The number of aromatic nitrogens is 2. The van der Waals surface area contributed by atoms with Crippen molar-refractivity contribution in [2.75, 3.05) is 11.9 Å². The fourth-order valence-electron chi connectivity index (χ4n) is 2.41. The van der Waals surface area contributed by atoms with Crippen LogP contribution >= 0.6 is 0 Å². The summed E-state index contributed by atoms with van der Waals surface area (Å²) in [5.41, 5.74) is 2.02. The predicted molar refractivity (Wildman–Crippen MR) is 74.6 cm³/mol. The second-order valence-corrected chi connectivity index (χ2v) is 5.25. The van der Waals surface area contributed by atoms with Gasteiger partial charge in [0.2, 0.25) is 0 Å². The van der Waals surface area contributed by atoms with Crippen molar-refractivity contribution in [3.8, 4) is 6.07 Å². The van der Waals surface area contributed by atoms with Gasteiger partial charge in [-0.1, -0.05) is 25.1 Å². The van der Waals surface area contributed by atoms with Gasteiger partial charge in [-0.2, -0.15) is 5.26 Å². The van der Waals surface area contributed by atoms with E-state index in [1.807, 2.05) is 24.3 Å². The number of hydrogen-bond donors (Lipinski definition) is 1. The summed E-state index contributed by atoms with van der Waals surface area (Å²) >= 11 is 0. The Bertz CT molecular complexity index is 640. The van der Waals surface area contributed by atoms with Crippen molar-refractivity contribution < 1.29 is 0 Å². The summed E-state index contributed by atoms with van der Waals surface area (Å²) in [6, 6.07) is 9.91. The maximum Gasteiger partial charge on any atom is 0.186 e. The molecule has 1 aliphatic carbocycles. The minimum atomic E-state index is 0.377. The first-order valence-corrected chi connectivity index (χ1v) is 6.69. The van der Waals surface area contributed by atoms with Gasteiger partial charge in [0.25, 0.3) is 0 Å². The van der Waals surface area contributed by atoms with Gasteiger partial charge in [0.15, 0.2) is 5.69 Å². The Balaban J connectivity index is 1.92. The van der Waals surface area contributed by atoms with Gasteiger partial charge in [0.1, 0.15) is 6.07 Å². The maximum atomic E-state index is 9.17. The fraction of sp³-hybridized carbons (Fsp3) is 0.400. The smallest absolute Gasteiger partial charge is 0.186 e. The number of nitrogens with one attached hydrogen (secondary N) is 1. The van der Waals surface area contributed by atoms with Crippen LogP contribution in [0.15, 0.2) is 24.3 Å². The minimum absolute atomic E-state index is 0.377. The number of nitriles is 1. The summed E-state index contributed by atoms with van der Waals surface area (Å²) in [5.74, 6) is 1.48. The lowest BCUT2D eigenvalue weighted by Gasteiger charge is -2.14. The van der Waals surface area contributed by atoms with Crippen LogP contribution in [-0.2, 0) is 0 Å². The van der Waals surface area contributed by atoms with Crippen molar-refractivity contribution in [2.24, 2.45) is 11.8 Å². The summed E-state index contributed by atoms with van der Waals surface area (Å²) in [5, 5.41) is 21.6. The van der Waals surface area contributed by atoms with E-state index in [0.29, 0.717) is 11.6 Å². The van der Waals surface area contributed by atoms with E-state index in [1.165, 1.54) is 12.8 Å². The molecule has 3 rings (SSSR count). The lowest BCUT2D eigenvalue weighted by molar-refractivity contribution is 0.536. The number of anilines is 1. The first kappa shape index (κ1) is 11.9. The lowest BCUT2D eigenvalue weighted by Crippen LogP contribution is -2.14. The van der Waals surface area contributed by atoms with Crippen molar-refractivity contribution in [1.82, 2.24) is 10.2 Å². The van der Waals surface area contributed by atoms with E-state index >= 15 is 0 Å². The van der Waals surface area contributed by atoms with E-state index in [0.717, 1.165) is 29.1 Å². The largest absolute Gasteiger partial charge is 0.382 e. The Morgan fingerprint density at radius 2 is 2.16 bits per heavy atom. The molecule has 19 heavy (non-hydrogen) atoms. The molecule has 0 radical (unpaired) electrons. The predicted octanol–water partition coefficient (Wildman–Crippen LogP) is 2.96. The SMILES string of the molecule is CC(CNc1c(C#N)nnc2ccccc12)C1CC1. The van der Waals surface area contributed by atoms with Gasteiger partial charge >= 0.3 is 0 Å². The number of rotatable bonds is 4. The normalized spacial score (nSPS) is 16.0. The average Bonchev–Trinajstić information content (AvgIpc) is 3.28. The Kier molecular flexibility index (Phi) is 3.04. The van der Waals surface area contributed by atoms with Crippen LogP contribution in [0, 0.1) is 23.2 Å². The first-order chi connectivity index (χ1) is 9.29. The van der Waals surface area contributed by atoms with E-state index in [9.17, 15) is 5.26 Å². The number of nitrogens with zero attached hydrogens (tertiary/aromatic N) is 3. The molecule has 4 heteroatoms. The highest BCUT2D eigenvalue weighted by molar-refractivity contribution is 5.92. The molecule has 0 aliphatic heterocycles. The first-order valence-electron chi connectivity index (χ1n) is 6.69. The van der Waals surface area contributed by atoms with Crippen LogP contribution in [0.2, 0.25) is 0 Å². The van der Waals surface area contributed by atoms with Crippen molar-refractivity contribution in [2.45, 2.75) is 19.8 Å². The highest BCUT2D eigenvalue weighted by atomic mass is 15.1. The quantitative estimate of drug-likeness (QED) is 0.908. The van der Waals surface area contributed by atoms with Crippen LogP contribution in [0.4, 0.5) is 5.69 Å². The van der Waals surface area contributed by atoms with Crippen LogP contribution in [0.25, 0.3) is 10.9 Å². The molecule has 1 heterocycles. The summed E-state index contributed by atoms with van der Waals surface area (Å²) in [7, 11) is 0. The van der Waals surface area contributed by atoms with E-state index in [2.05, 4.69) is 28.5 Å². The van der Waals surface area contributed by atoms with Gasteiger partial charge in [-0.15, -0.1) is 10.2 Å². The van der Waals surface area contributed by atoms with Crippen molar-refractivity contribution >= 4 is 16.6 Å². The second-order valence-electron chi connectivity index (χ2n) is 5.25. The number of hydrogen-bond acceptors (Lipinski definition) is 4. The molecule has 96 valence electrons. The molecule has 1 saturated carbocycles. The molecule has 4 nitrogen and oxygen atoms in total. The molecule has 0 spiro atoms. The molecule has 2 aromatic rings. The summed E-state index contributed by atoms with van der Waals surface area (Å²) in [6.07, 6.45) is 2.67. The van der Waals surface area contributed by atoms with Crippen LogP contribution in [0.3, 0.4) is 0 Å².